The highest BCUT2D eigenvalue weighted by atomic mass is 16.4. The van der Waals surface area contributed by atoms with Crippen LogP contribution in [0.5, 0.6) is 0 Å². The van der Waals surface area contributed by atoms with Gasteiger partial charge in [-0.05, 0) is 51.5 Å². The van der Waals surface area contributed by atoms with E-state index in [2.05, 4.69) is 10.6 Å². The van der Waals surface area contributed by atoms with Crippen LogP contribution in [-0.4, -0.2) is 82.2 Å². The van der Waals surface area contributed by atoms with Crippen molar-refractivity contribution in [2.24, 2.45) is 17.4 Å². The molecule has 1 aliphatic rings. The van der Waals surface area contributed by atoms with Gasteiger partial charge in [0.2, 0.25) is 17.7 Å². The van der Waals surface area contributed by atoms with E-state index >= 15 is 0 Å². The summed E-state index contributed by atoms with van der Waals surface area (Å²) in [6.07, 6.45) is 1.38. The SMILES string of the molecule is CC(C)C(NC(=O)C(N)C(C)O)C(=O)NC(CCCCN)C(=O)N1CCCC1C(=O)O. The van der Waals surface area contributed by atoms with Crippen molar-refractivity contribution in [3.8, 4) is 0 Å². The minimum atomic E-state index is -1.20. The lowest BCUT2D eigenvalue weighted by Gasteiger charge is -2.30. The van der Waals surface area contributed by atoms with Crippen molar-refractivity contribution in [1.82, 2.24) is 15.5 Å². The molecule has 8 N–H and O–H groups in total. The zero-order valence-electron chi connectivity index (χ0n) is 18.5. The number of nitrogens with one attached hydrogen (secondary N) is 2. The highest BCUT2D eigenvalue weighted by Crippen LogP contribution is 2.20. The van der Waals surface area contributed by atoms with Crippen LogP contribution in [0.25, 0.3) is 0 Å². The summed E-state index contributed by atoms with van der Waals surface area (Å²) < 4.78 is 0. The Labute approximate surface area is 182 Å². The molecule has 0 aromatic heterocycles. The van der Waals surface area contributed by atoms with Crippen molar-refractivity contribution >= 4 is 23.7 Å². The average molecular weight is 444 g/mol. The van der Waals surface area contributed by atoms with E-state index in [1.165, 1.54) is 11.8 Å². The molecule has 0 radical (unpaired) electrons. The number of carbonyl (C=O) groups excluding carboxylic acids is 3. The molecule has 11 nitrogen and oxygen atoms in total. The molecule has 5 unspecified atom stereocenters. The molecule has 5 atom stereocenters. The van der Waals surface area contributed by atoms with Gasteiger partial charge in [0.15, 0.2) is 0 Å². The normalized spacial score (nSPS) is 20.1. The molecule has 0 aromatic carbocycles. The molecule has 31 heavy (non-hydrogen) atoms. The summed E-state index contributed by atoms with van der Waals surface area (Å²) in [4.78, 5) is 51.0. The molecule has 0 aliphatic carbocycles. The smallest absolute Gasteiger partial charge is 0.326 e. The van der Waals surface area contributed by atoms with Crippen molar-refractivity contribution in [1.29, 1.82) is 0 Å². The number of aliphatic hydroxyl groups is 1. The number of hydrogen-bond acceptors (Lipinski definition) is 7. The van der Waals surface area contributed by atoms with Crippen molar-refractivity contribution < 1.29 is 29.4 Å². The molecular formula is C20H37N5O6. The van der Waals surface area contributed by atoms with Crippen LogP contribution >= 0.6 is 0 Å². The number of rotatable bonds is 12. The minimum Gasteiger partial charge on any atom is -0.480 e. The lowest BCUT2D eigenvalue weighted by atomic mass is 10.0. The number of carbonyl (C=O) groups is 4. The zero-order valence-corrected chi connectivity index (χ0v) is 18.5. The Morgan fingerprint density at radius 1 is 1.10 bits per heavy atom. The summed E-state index contributed by atoms with van der Waals surface area (Å²) in [5.41, 5.74) is 11.2. The second-order valence-electron chi connectivity index (χ2n) is 8.37. The largest absolute Gasteiger partial charge is 0.480 e. The number of unbranched alkanes of at least 4 members (excludes halogenated alkanes) is 1. The maximum Gasteiger partial charge on any atom is 0.326 e. The highest BCUT2D eigenvalue weighted by molar-refractivity contribution is 5.94. The van der Waals surface area contributed by atoms with Crippen LogP contribution in [0.3, 0.4) is 0 Å². The molecule has 1 heterocycles. The molecule has 11 heteroatoms. The summed E-state index contributed by atoms with van der Waals surface area (Å²) in [5, 5.41) is 24.1. The first kappa shape index (κ1) is 26.8. The molecule has 1 aliphatic heterocycles. The lowest BCUT2D eigenvalue weighted by Crippen LogP contribution is -2.59. The molecule has 1 rings (SSSR count). The lowest BCUT2D eigenvalue weighted by molar-refractivity contribution is -0.149. The van der Waals surface area contributed by atoms with Gasteiger partial charge in [-0.15, -0.1) is 0 Å². The van der Waals surface area contributed by atoms with Gasteiger partial charge < -0.3 is 37.2 Å². The molecule has 0 spiro atoms. The molecule has 3 amide bonds. The Balaban J connectivity index is 2.97. The summed E-state index contributed by atoms with van der Waals surface area (Å²) in [6.45, 7) is 5.57. The third kappa shape index (κ3) is 7.75. The van der Waals surface area contributed by atoms with Crippen LogP contribution in [0.4, 0.5) is 0 Å². The van der Waals surface area contributed by atoms with E-state index in [4.69, 9.17) is 11.5 Å². The number of nitrogens with two attached hydrogens (primary N) is 2. The fourth-order valence-corrected chi connectivity index (χ4v) is 3.50. The van der Waals surface area contributed by atoms with Gasteiger partial charge in [0.25, 0.3) is 0 Å². The summed E-state index contributed by atoms with van der Waals surface area (Å²) in [6, 6.07) is -4.01. The molecule has 178 valence electrons. The number of aliphatic hydroxyl groups excluding tert-OH is 1. The van der Waals surface area contributed by atoms with Crippen LogP contribution in [0.2, 0.25) is 0 Å². The number of likely N-dealkylation sites (tertiary alicyclic amines) is 1. The van der Waals surface area contributed by atoms with E-state index < -0.39 is 54.0 Å². The van der Waals surface area contributed by atoms with Crippen LogP contribution in [0.1, 0.15) is 52.9 Å². The van der Waals surface area contributed by atoms with E-state index in [1.807, 2.05) is 0 Å². The first-order chi connectivity index (χ1) is 14.5. The summed E-state index contributed by atoms with van der Waals surface area (Å²) in [7, 11) is 0. The van der Waals surface area contributed by atoms with E-state index in [-0.39, 0.29) is 5.92 Å². The van der Waals surface area contributed by atoms with Gasteiger partial charge in [0, 0.05) is 6.54 Å². The second-order valence-corrected chi connectivity index (χ2v) is 8.37. The van der Waals surface area contributed by atoms with Crippen molar-refractivity contribution in [3.05, 3.63) is 0 Å². The Morgan fingerprint density at radius 2 is 1.74 bits per heavy atom. The van der Waals surface area contributed by atoms with E-state index in [0.717, 1.165) is 0 Å². The van der Waals surface area contributed by atoms with E-state index in [0.29, 0.717) is 45.2 Å². The predicted molar refractivity (Wildman–Crippen MR) is 114 cm³/mol. The third-order valence-electron chi connectivity index (χ3n) is 5.45. The maximum absolute atomic E-state index is 13.1. The van der Waals surface area contributed by atoms with Gasteiger partial charge in [-0.2, -0.15) is 0 Å². The standard InChI is InChI=1S/C20H37N5O6/c1-11(2)16(24-17(27)15(22)12(3)26)18(28)23-13(7-4-5-9-21)19(29)25-10-6-8-14(25)20(30)31/h11-16,26H,4-10,21-22H2,1-3H3,(H,23,28)(H,24,27)(H,30,31). The Morgan fingerprint density at radius 3 is 2.26 bits per heavy atom. The first-order valence-corrected chi connectivity index (χ1v) is 10.8. The second kappa shape index (κ2) is 12.6. The van der Waals surface area contributed by atoms with Gasteiger partial charge in [0.05, 0.1) is 6.10 Å². The highest BCUT2D eigenvalue weighted by Gasteiger charge is 2.38. The summed E-state index contributed by atoms with van der Waals surface area (Å²) >= 11 is 0. The molecule has 0 bridgehead atoms. The number of amides is 3. The Kier molecular flexibility index (Phi) is 10.9. The molecular weight excluding hydrogens is 406 g/mol. The van der Waals surface area contributed by atoms with Crippen molar-refractivity contribution in [3.63, 3.8) is 0 Å². The predicted octanol–water partition coefficient (Wildman–Crippen LogP) is -1.48. The third-order valence-corrected chi connectivity index (χ3v) is 5.45. The maximum atomic E-state index is 13.1. The summed E-state index contributed by atoms with van der Waals surface area (Å²) in [5.74, 6) is -3.09. The minimum absolute atomic E-state index is 0.302. The quantitative estimate of drug-likeness (QED) is 0.197. The van der Waals surface area contributed by atoms with Crippen LogP contribution in [-0.2, 0) is 19.2 Å². The Bertz CT molecular complexity index is 642. The zero-order chi connectivity index (χ0) is 23.7. The fourth-order valence-electron chi connectivity index (χ4n) is 3.50. The number of aliphatic carboxylic acids is 1. The number of nitrogens with zero attached hydrogens (tertiary/aromatic N) is 1. The van der Waals surface area contributed by atoms with Gasteiger partial charge in [-0.1, -0.05) is 13.8 Å². The van der Waals surface area contributed by atoms with Crippen LogP contribution in [0, 0.1) is 5.92 Å². The number of carboxylic acid groups (broad SMARTS) is 1. The molecule has 1 saturated heterocycles. The fraction of sp³-hybridized carbons (Fsp3) is 0.800. The van der Waals surface area contributed by atoms with Gasteiger partial charge in [-0.25, -0.2) is 4.79 Å². The topological polar surface area (TPSA) is 188 Å². The van der Waals surface area contributed by atoms with Gasteiger partial charge >= 0.3 is 5.97 Å². The van der Waals surface area contributed by atoms with Gasteiger partial charge in [0.1, 0.15) is 24.2 Å². The van der Waals surface area contributed by atoms with Crippen molar-refractivity contribution in [2.45, 2.75) is 83.1 Å². The Hall–Kier alpha value is -2.24. The monoisotopic (exact) mass is 443 g/mol. The molecule has 1 fully saturated rings. The van der Waals surface area contributed by atoms with E-state index in [9.17, 15) is 29.4 Å². The first-order valence-electron chi connectivity index (χ1n) is 10.8. The van der Waals surface area contributed by atoms with Crippen LogP contribution in [0.15, 0.2) is 0 Å². The van der Waals surface area contributed by atoms with E-state index in [1.54, 1.807) is 13.8 Å². The average Bonchev–Trinajstić information content (AvgIpc) is 3.19. The van der Waals surface area contributed by atoms with Crippen molar-refractivity contribution in [2.75, 3.05) is 13.1 Å². The molecule has 0 aromatic rings. The van der Waals surface area contributed by atoms with Crippen LogP contribution < -0.4 is 22.1 Å². The molecule has 0 saturated carbocycles. The van der Waals surface area contributed by atoms with Gasteiger partial charge in [-0.3, -0.25) is 14.4 Å². The number of carboxylic acids is 1. The number of hydrogen-bond donors (Lipinski definition) is 6.